The zero-order valence-electron chi connectivity index (χ0n) is 26.0. The predicted octanol–water partition coefficient (Wildman–Crippen LogP) is 5.67. The number of aliphatic imine (C=N–C) groups is 1. The molecule has 0 spiro atoms. The van der Waals surface area contributed by atoms with Crippen LogP contribution in [-0.2, 0) is 10.1 Å². The minimum absolute atomic E-state index is 0. The normalized spacial score (nSPS) is 12.3. The Morgan fingerprint density at radius 2 is 1.15 bits per heavy atom. The molecule has 0 radical (unpaired) electrons. The quantitative estimate of drug-likeness (QED) is 0.114. The Morgan fingerprint density at radius 3 is 1.66 bits per heavy atom. The second kappa shape index (κ2) is 14.8. The van der Waals surface area contributed by atoms with Crippen molar-refractivity contribution >= 4 is 55.5 Å². The van der Waals surface area contributed by atoms with Crippen LogP contribution >= 0.6 is 0 Å². The van der Waals surface area contributed by atoms with Gasteiger partial charge in [0.2, 0.25) is 0 Å². The Bertz CT molecular complexity index is 2090. The van der Waals surface area contributed by atoms with Gasteiger partial charge in [0, 0.05) is 28.4 Å². The Labute approximate surface area is 297 Å². The van der Waals surface area contributed by atoms with Crippen LogP contribution in [0.15, 0.2) is 161 Å². The van der Waals surface area contributed by atoms with Crippen LogP contribution in [0.1, 0.15) is 16.7 Å². The van der Waals surface area contributed by atoms with Crippen LogP contribution < -0.4 is 45.9 Å². The molecule has 4 N–H and O–H groups in total. The summed E-state index contributed by atoms with van der Waals surface area (Å²) < 4.78 is 33.8. The van der Waals surface area contributed by atoms with Crippen molar-refractivity contribution < 1.29 is 42.5 Å². The minimum atomic E-state index is -4.50. The summed E-state index contributed by atoms with van der Waals surface area (Å²) in [5, 5.41) is 6.72. The molecule has 0 saturated carbocycles. The number of benzene rings is 5. The smallest absolute Gasteiger partial charge is 0.744 e. The van der Waals surface area contributed by atoms with E-state index in [-0.39, 0.29) is 34.5 Å². The van der Waals surface area contributed by atoms with Gasteiger partial charge in [0.1, 0.15) is 10.1 Å². The molecule has 0 unspecified atom stereocenters. The van der Waals surface area contributed by atoms with E-state index in [0.29, 0.717) is 5.69 Å². The molecule has 7 nitrogen and oxygen atoms in total. The summed E-state index contributed by atoms with van der Waals surface area (Å²) in [6.07, 6.45) is 8.20. The first kappa shape index (κ1) is 33.7. The number of nitrogens with zero attached hydrogens (tertiary/aromatic N) is 1. The molecule has 9 heteroatoms. The van der Waals surface area contributed by atoms with Gasteiger partial charge in [0.25, 0.3) is 0 Å². The fourth-order valence-electron chi connectivity index (χ4n) is 5.09. The number of nitrogens with one attached hydrogen (secondary N) is 2. The molecule has 0 fully saturated rings. The summed E-state index contributed by atoms with van der Waals surface area (Å²) in [4.78, 5) is 4.47. The fraction of sp³-hybridized carbons (Fsp3) is 0.0263. The topological polar surface area (TPSA) is 120 Å². The zero-order valence-corrected chi connectivity index (χ0v) is 28.8. The van der Waals surface area contributed by atoms with E-state index in [9.17, 15) is 13.0 Å². The van der Waals surface area contributed by atoms with Gasteiger partial charge < -0.3 is 20.9 Å². The number of nitrogen functional groups attached to an aromatic ring is 1. The number of hydrogen-bond donors (Lipinski definition) is 3. The van der Waals surface area contributed by atoms with Crippen molar-refractivity contribution in [2.75, 3.05) is 16.4 Å². The third-order valence-electron chi connectivity index (χ3n) is 7.51. The number of allylic oxidation sites excluding steroid dienone is 5. The zero-order chi connectivity index (χ0) is 32.1. The molecule has 6 rings (SSSR count). The number of nitrogens with two attached hydrogens (primary N) is 1. The first-order chi connectivity index (χ1) is 22.2. The first-order valence-electron chi connectivity index (χ1n) is 14.6. The summed E-state index contributed by atoms with van der Waals surface area (Å²) in [7, 11) is -4.50. The number of anilines is 5. The van der Waals surface area contributed by atoms with Crippen LogP contribution in [0.4, 0.5) is 34.1 Å². The number of para-hydroxylation sites is 1. The maximum atomic E-state index is 11.3. The Morgan fingerprint density at radius 1 is 0.660 bits per heavy atom. The third kappa shape index (κ3) is 8.56. The molecule has 5 aromatic carbocycles. The standard InChI is InChI=1S/C38H32N4O3S.Na/c1-26-25-35(21-24-37(26)39)42-33-17-11-29(12-18-33)38(27-7-13-31(14-8-27)40-30-5-3-2-4-6-30)28-9-15-32(16-10-28)41-34-19-22-36(23-20-34)46(43,44)45;/h2-25,41-42H,39H2,1H3,(H,43,44,45);/q;+1/p-1. The van der Waals surface area contributed by atoms with Gasteiger partial charge >= 0.3 is 29.6 Å². The summed E-state index contributed by atoms with van der Waals surface area (Å²) >= 11 is 0. The Hall–Kier alpha value is -4.70. The summed E-state index contributed by atoms with van der Waals surface area (Å²) in [5.41, 5.74) is 17.1. The molecule has 0 bridgehead atoms. The largest absolute Gasteiger partial charge is 1.00 e. The molecular weight excluding hydrogens is 616 g/mol. The molecule has 0 saturated heterocycles. The van der Waals surface area contributed by atoms with Gasteiger partial charge in [-0.2, -0.15) is 0 Å². The summed E-state index contributed by atoms with van der Waals surface area (Å²) in [6, 6.07) is 37.8. The summed E-state index contributed by atoms with van der Waals surface area (Å²) in [6.45, 7) is 1.99. The van der Waals surface area contributed by atoms with Crippen molar-refractivity contribution in [2.45, 2.75) is 11.8 Å². The van der Waals surface area contributed by atoms with Gasteiger partial charge in [0.05, 0.1) is 16.3 Å². The van der Waals surface area contributed by atoms with Crippen molar-refractivity contribution in [3.05, 3.63) is 168 Å². The van der Waals surface area contributed by atoms with Crippen molar-refractivity contribution in [3.63, 3.8) is 0 Å². The molecule has 228 valence electrons. The SMILES string of the molecule is Cc1cc(Nc2ccc(C(=C3C=CC(=Nc4ccccc4)C=C3)c3ccc(Nc4ccc(S(=O)(=O)[O-])cc4)cc3)cc2)ccc1N.[Na+]. The third-order valence-corrected chi connectivity index (χ3v) is 8.36. The van der Waals surface area contributed by atoms with Crippen molar-refractivity contribution in [2.24, 2.45) is 4.99 Å². The van der Waals surface area contributed by atoms with Gasteiger partial charge in [0.15, 0.2) is 0 Å². The predicted molar refractivity (Wildman–Crippen MR) is 187 cm³/mol. The van der Waals surface area contributed by atoms with Gasteiger partial charge in [-0.25, -0.2) is 13.4 Å². The molecule has 0 aromatic heterocycles. The van der Waals surface area contributed by atoms with E-state index in [0.717, 1.165) is 62.0 Å². The Balaban J connectivity index is 0.00000433. The molecule has 1 aliphatic carbocycles. The van der Waals surface area contributed by atoms with Crippen LogP contribution in [0.2, 0.25) is 0 Å². The molecule has 0 aliphatic heterocycles. The average Bonchev–Trinajstić information content (AvgIpc) is 3.06. The maximum Gasteiger partial charge on any atom is 1.00 e. The van der Waals surface area contributed by atoms with Gasteiger partial charge in [-0.15, -0.1) is 0 Å². The average molecular weight is 647 g/mol. The first-order valence-corrected chi connectivity index (χ1v) is 16.0. The molecule has 5 aromatic rings. The molecular formula is C38H31N4NaO3S. The molecule has 47 heavy (non-hydrogen) atoms. The fourth-order valence-corrected chi connectivity index (χ4v) is 5.56. The monoisotopic (exact) mass is 646 g/mol. The number of rotatable bonds is 8. The van der Waals surface area contributed by atoms with Gasteiger partial charge in [-0.1, -0.05) is 54.6 Å². The molecule has 0 atom stereocenters. The molecule has 1 aliphatic rings. The van der Waals surface area contributed by atoms with E-state index in [1.165, 1.54) is 12.1 Å². The van der Waals surface area contributed by atoms with Crippen molar-refractivity contribution in [3.8, 4) is 0 Å². The van der Waals surface area contributed by atoms with Gasteiger partial charge in [-0.05, 0) is 126 Å². The molecule has 0 heterocycles. The van der Waals surface area contributed by atoms with E-state index in [2.05, 4.69) is 47.1 Å². The van der Waals surface area contributed by atoms with Crippen molar-refractivity contribution in [1.82, 2.24) is 0 Å². The van der Waals surface area contributed by atoms with Crippen LogP contribution in [-0.4, -0.2) is 18.7 Å². The van der Waals surface area contributed by atoms with E-state index >= 15 is 0 Å². The Kier molecular flexibility index (Phi) is 10.6. The van der Waals surface area contributed by atoms with E-state index in [1.54, 1.807) is 12.1 Å². The van der Waals surface area contributed by atoms with E-state index < -0.39 is 10.1 Å². The number of hydrogen-bond acceptors (Lipinski definition) is 7. The van der Waals surface area contributed by atoms with Crippen LogP contribution in [0.3, 0.4) is 0 Å². The van der Waals surface area contributed by atoms with Gasteiger partial charge in [-0.3, -0.25) is 0 Å². The van der Waals surface area contributed by atoms with E-state index in [4.69, 9.17) is 10.7 Å². The maximum absolute atomic E-state index is 11.3. The second-order valence-corrected chi connectivity index (χ2v) is 12.2. The second-order valence-electron chi connectivity index (χ2n) is 10.8. The van der Waals surface area contributed by atoms with E-state index in [1.807, 2.05) is 91.9 Å². The van der Waals surface area contributed by atoms with Crippen LogP contribution in [0.25, 0.3) is 5.57 Å². The van der Waals surface area contributed by atoms with Crippen LogP contribution in [0.5, 0.6) is 0 Å². The van der Waals surface area contributed by atoms with Crippen molar-refractivity contribution in [1.29, 1.82) is 0 Å². The minimum Gasteiger partial charge on any atom is -0.744 e. The molecule has 0 amide bonds. The summed E-state index contributed by atoms with van der Waals surface area (Å²) in [5.74, 6) is 0. The number of aryl methyl sites for hydroxylation is 1. The van der Waals surface area contributed by atoms with Crippen LogP contribution in [0, 0.1) is 6.92 Å².